The Bertz CT molecular complexity index is 263. The van der Waals surface area contributed by atoms with Crippen LogP contribution in [-0.4, -0.2) is 14.4 Å². The molecular weight excluding hydrogens is 149 g/mol. The van der Waals surface area contributed by atoms with E-state index in [0.717, 1.165) is 23.3 Å². The van der Waals surface area contributed by atoms with Gasteiger partial charge in [-0.1, -0.05) is 19.2 Å². The molecule has 0 atom stereocenters. The molecule has 3 heteroatoms. The Morgan fingerprint density at radius 1 is 1.50 bits per heavy atom. The standard InChI is InChI=1S/C9H13BNO/c1-10-6-7-3-4-8(12-2)5-9(7)11/h3-5H,6,11H2,1-2H3. The van der Waals surface area contributed by atoms with Crippen molar-refractivity contribution in [3.05, 3.63) is 23.8 Å². The molecule has 0 fully saturated rings. The minimum absolute atomic E-state index is 0.799. The van der Waals surface area contributed by atoms with E-state index >= 15 is 0 Å². The van der Waals surface area contributed by atoms with Crippen molar-refractivity contribution in [1.82, 2.24) is 0 Å². The molecule has 0 bridgehead atoms. The van der Waals surface area contributed by atoms with Crippen LogP contribution >= 0.6 is 0 Å². The van der Waals surface area contributed by atoms with Gasteiger partial charge >= 0.3 is 0 Å². The summed E-state index contributed by atoms with van der Waals surface area (Å²) in [7, 11) is 3.72. The molecule has 0 saturated heterocycles. The van der Waals surface area contributed by atoms with Gasteiger partial charge in [0.05, 0.1) is 7.11 Å². The lowest BCUT2D eigenvalue weighted by atomic mass is 9.75. The van der Waals surface area contributed by atoms with Gasteiger partial charge < -0.3 is 10.5 Å². The second kappa shape index (κ2) is 4.05. The van der Waals surface area contributed by atoms with Crippen molar-refractivity contribution < 1.29 is 4.74 Å². The van der Waals surface area contributed by atoms with Crippen molar-refractivity contribution in [3.63, 3.8) is 0 Å². The molecule has 0 aliphatic carbocycles. The van der Waals surface area contributed by atoms with E-state index in [-0.39, 0.29) is 0 Å². The van der Waals surface area contributed by atoms with Crippen molar-refractivity contribution in [1.29, 1.82) is 0 Å². The number of hydrogen-bond donors (Lipinski definition) is 1. The van der Waals surface area contributed by atoms with Gasteiger partial charge in [-0.3, -0.25) is 0 Å². The summed E-state index contributed by atoms with van der Waals surface area (Å²) in [5.74, 6) is 0.812. The first kappa shape index (κ1) is 8.98. The Morgan fingerprint density at radius 2 is 2.25 bits per heavy atom. The fourth-order valence-corrected chi connectivity index (χ4v) is 1.11. The maximum Gasteiger partial charge on any atom is 0.120 e. The normalized spacial score (nSPS) is 9.50. The molecule has 1 aromatic carbocycles. The highest BCUT2D eigenvalue weighted by Crippen LogP contribution is 2.19. The summed E-state index contributed by atoms with van der Waals surface area (Å²) in [5, 5.41) is 0. The molecule has 0 saturated carbocycles. The van der Waals surface area contributed by atoms with Crippen LogP contribution in [0.5, 0.6) is 5.75 Å². The molecule has 0 aliphatic rings. The van der Waals surface area contributed by atoms with E-state index in [1.807, 2.05) is 25.0 Å². The summed E-state index contributed by atoms with van der Waals surface area (Å²) in [6.45, 7) is 2.02. The number of anilines is 1. The van der Waals surface area contributed by atoms with E-state index in [9.17, 15) is 0 Å². The average Bonchev–Trinajstić information content (AvgIpc) is 2.09. The Balaban J connectivity index is 2.87. The lowest BCUT2D eigenvalue weighted by Crippen LogP contribution is -1.98. The van der Waals surface area contributed by atoms with Gasteiger partial charge in [-0.2, -0.15) is 0 Å². The molecule has 63 valence electrons. The van der Waals surface area contributed by atoms with Gasteiger partial charge in [0.1, 0.15) is 13.0 Å². The van der Waals surface area contributed by atoms with Crippen LogP contribution in [0.2, 0.25) is 6.82 Å². The van der Waals surface area contributed by atoms with Crippen molar-refractivity contribution in [2.45, 2.75) is 13.1 Å². The predicted octanol–water partition coefficient (Wildman–Crippen LogP) is 1.53. The van der Waals surface area contributed by atoms with E-state index in [0.29, 0.717) is 0 Å². The lowest BCUT2D eigenvalue weighted by molar-refractivity contribution is 0.415. The van der Waals surface area contributed by atoms with Crippen LogP contribution in [0, 0.1) is 0 Å². The molecule has 0 amide bonds. The quantitative estimate of drug-likeness (QED) is 0.540. The van der Waals surface area contributed by atoms with Gasteiger partial charge in [0.15, 0.2) is 0 Å². The fourth-order valence-electron chi connectivity index (χ4n) is 1.11. The van der Waals surface area contributed by atoms with Crippen LogP contribution < -0.4 is 10.5 Å². The molecular formula is C9H13BNO. The molecule has 0 aliphatic heterocycles. The minimum Gasteiger partial charge on any atom is -0.497 e. The average molecular weight is 162 g/mol. The second-order valence-electron chi connectivity index (χ2n) is 2.68. The Morgan fingerprint density at radius 3 is 2.75 bits per heavy atom. The zero-order valence-electron chi connectivity index (χ0n) is 7.50. The molecule has 2 nitrogen and oxygen atoms in total. The van der Waals surface area contributed by atoms with Gasteiger partial charge in [0.25, 0.3) is 0 Å². The first-order chi connectivity index (χ1) is 5.77. The van der Waals surface area contributed by atoms with E-state index in [4.69, 9.17) is 10.5 Å². The smallest absolute Gasteiger partial charge is 0.120 e. The van der Waals surface area contributed by atoms with E-state index < -0.39 is 0 Å². The Hall–Kier alpha value is -1.12. The lowest BCUT2D eigenvalue weighted by Gasteiger charge is -2.05. The first-order valence-corrected chi connectivity index (χ1v) is 3.98. The maximum absolute atomic E-state index is 5.78. The van der Waals surface area contributed by atoms with Crippen LogP contribution in [0.25, 0.3) is 0 Å². The summed E-state index contributed by atoms with van der Waals surface area (Å²) in [4.78, 5) is 0. The van der Waals surface area contributed by atoms with Crippen LogP contribution in [0.15, 0.2) is 18.2 Å². The van der Waals surface area contributed by atoms with E-state index in [2.05, 4.69) is 7.28 Å². The topological polar surface area (TPSA) is 35.2 Å². The summed E-state index contributed by atoms with van der Waals surface area (Å²) in [5.41, 5.74) is 7.73. The van der Waals surface area contributed by atoms with Crippen molar-refractivity contribution in [2.24, 2.45) is 0 Å². The third-order valence-electron chi connectivity index (χ3n) is 1.78. The largest absolute Gasteiger partial charge is 0.497 e. The van der Waals surface area contributed by atoms with Gasteiger partial charge in [-0.15, -0.1) is 0 Å². The SMILES string of the molecule is C[B]Cc1ccc(OC)cc1N. The van der Waals surface area contributed by atoms with Crippen molar-refractivity contribution >= 4 is 13.0 Å². The molecule has 0 spiro atoms. The number of ether oxygens (including phenoxy) is 1. The second-order valence-corrected chi connectivity index (χ2v) is 2.68. The van der Waals surface area contributed by atoms with Crippen LogP contribution in [0.1, 0.15) is 5.56 Å². The van der Waals surface area contributed by atoms with Crippen molar-refractivity contribution in [2.75, 3.05) is 12.8 Å². The number of benzene rings is 1. The van der Waals surface area contributed by atoms with E-state index in [1.165, 1.54) is 0 Å². The Labute approximate surface area is 74.0 Å². The summed E-state index contributed by atoms with van der Waals surface area (Å²) in [6.07, 6.45) is 0.913. The number of methoxy groups -OCH3 is 1. The van der Waals surface area contributed by atoms with Gasteiger partial charge in [0.2, 0.25) is 0 Å². The third kappa shape index (κ3) is 1.94. The van der Waals surface area contributed by atoms with Crippen LogP contribution in [0.3, 0.4) is 0 Å². The number of rotatable bonds is 3. The number of hydrogen-bond acceptors (Lipinski definition) is 2. The van der Waals surface area contributed by atoms with Crippen LogP contribution in [-0.2, 0) is 6.32 Å². The minimum atomic E-state index is 0.799. The van der Waals surface area contributed by atoms with Gasteiger partial charge in [0, 0.05) is 11.8 Å². The van der Waals surface area contributed by atoms with Crippen molar-refractivity contribution in [3.8, 4) is 5.75 Å². The summed E-state index contributed by atoms with van der Waals surface area (Å²) < 4.78 is 5.04. The van der Waals surface area contributed by atoms with E-state index in [1.54, 1.807) is 7.11 Å². The highest BCUT2D eigenvalue weighted by Gasteiger charge is 1.99. The highest BCUT2D eigenvalue weighted by atomic mass is 16.5. The molecule has 0 unspecified atom stereocenters. The monoisotopic (exact) mass is 162 g/mol. The Kier molecular flexibility index (Phi) is 3.03. The maximum atomic E-state index is 5.78. The predicted molar refractivity (Wildman–Crippen MR) is 52.7 cm³/mol. The molecule has 1 aromatic rings. The summed E-state index contributed by atoms with van der Waals surface area (Å²) in [6, 6.07) is 5.77. The molecule has 1 radical (unpaired) electrons. The summed E-state index contributed by atoms with van der Waals surface area (Å²) >= 11 is 0. The molecule has 0 heterocycles. The molecule has 2 N–H and O–H groups in total. The first-order valence-electron chi connectivity index (χ1n) is 3.98. The van der Waals surface area contributed by atoms with Crippen LogP contribution in [0.4, 0.5) is 5.69 Å². The third-order valence-corrected chi connectivity index (χ3v) is 1.78. The zero-order valence-corrected chi connectivity index (χ0v) is 7.50. The van der Waals surface area contributed by atoms with Gasteiger partial charge in [-0.05, 0) is 11.6 Å². The van der Waals surface area contributed by atoms with Gasteiger partial charge in [-0.25, -0.2) is 0 Å². The number of nitrogens with two attached hydrogens (primary N) is 1. The zero-order chi connectivity index (χ0) is 8.97. The molecule has 0 aromatic heterocycles. The fraction of sp³-hybridized carbons (Fsp3) is 0.333. The number of nitrogen functional groups attached to an aromatic ring is 1. The molecule has 12 heavy (non-hydrogen) atoms. The highest BCUT2D eigenvalue weighted by molar-refractivity contribution is 6.33. The molecule has 1 rings (SSSR count).